The topological polar surface area (TPSA) is 65.2 Å². The van der Waals surface area contributed by atoms with E-state index in [-0.39, 0.29) is 38.6 Å². The number of carbonyl (C=O) groups excluding carboxylic acids is 1. The Bertz CT molecular complexity index is 547. The molecule has 1 heterocycles. The van der Waals surface area contributed by atoms with Crippen molar-refractivity contribution >= 4 is 45.8 Å². The van der Waals surface area contributed by atoms with E-state index in [0.717, 1.165) is 12.8 Å². The predicted molar refractivity (Wildman–Crippen MR) is 94.9 cm³/mol. The number of nitrogens with two attached hydrogens (primary N) is 1. The number of carbonyl (C=O) groups is 1. The van der Waals surface area contributed by atoms with Crippen LogP contribution in [0.5, 0.6) is 5.88 Å². The van der Waals surface area contributed by atoms with Gasteiger partial charge in [-0.15, -0.1) is 0 Å². The van der Waals surface area contributed by atoms with E-state index < -0.39 is 5.95 Å². The number of anilines is 1. The molecule has 0 bridgehead atoms. The summed E-state index contributed by atoms with van der Waals surface area (Å²) in [7, 11) is 0. The fourth-order valence-electron chi connectivity index (χ4n) is 1.91. The van der Waals surface area contributed by atoms with Crippen molar-refractivity contribution in [3.05, 3.63) is 16.0 Å². The van der Waals surface area contributed by atoms with Crippen molar-refractivity contribution in [2.45, 2.75) is 51.2 Å². The minimum atomic E-state index is -0.979. The number of hydrogen-bond donors (Lipinski definition) is 1. The van der Waals surface area contributed by atoms with Crippen LogP contribution in [0.25, 0.3) is 0 Å². The summed E-state index contributed by atoms with van der Waals surface area (Å²) < 4.78 is 18.6. The molecule has 0 amide bonds. The van der Waals surface area contributed by atoms with Gasteiger partial charge in [-0.2, -0.15) is 9.37 Å². The maximum Gasteiger partial charge on any atom is 0.238 e. The molecule has 0 aliphatic heterocycles. The van der Waals surface area contributed by atoms with Crippen LogP contribution in [-0.2, 0) is 4.79 Å². The van der Waals surface area contributed by atoms with E-state index in [0.29, 0.717) is 0 Å². The van der Waals surface area contributed by atoms with Crippen LogP contribution in [0.3, 0.4) is 0 Å². The Kier molecular flexibility index (Phi) is 9.02. The second-order valence-electron chi connectivity index (χ2n) is 5.19. The second kappa shape index (κ2) is 10.2. The lowest BCUT2D eigenvalue weighted by atomic mass is 10.1. The molecule has 1 rings (SSSR count). The van der Waals surface area contributed by atoms with Crippen LogP contribution in [0.4, 0.5) is 10.1 Å². The zero-order valence-electron chi connectivity index (χ0n) is 13.2. The first-order valence-electron chi connectivity index (χ1n) is 7.49. The molecular weight excluding hydrogens is 362 g/mol. The van der Waals surface area contributed by atoms with Gasteiger partial charge in [0.2, 0.25) is 16.9 Å². The molecule has 0 radical (unpaired) electrons. The Morgan fingerprint density at radius 1 is 1.35 bits per heavy atom. The number of hydrogen-bond acceptors (Lipinski definition) is 5. The summed E-state index contributed by atoms with van der Waals surface area (Å²) in [4.78, 5) is 15.3. The van der Waals surface area contributed by atoms with Crippen molar-refractivity contribution < 1.29 is 13.9 Å². The molecule has 1 unspecified atom stereocenters. The first-order valence-corrected chi connectivity index (χ1v) is 9.12. The average molecular weight is 383 g/mol. The van der Waals surface area contributed by atoms with Gasteiger partial charge in [-0.3, -0.25) is 4.79 Å². The number of thioether (sulfide) groups is 1. The molecule has 0 aromatic carbocycles. The summed E-state index contributed by atoms with van der Waals surface area (Å²) >= 11 is 12.7. The van der Waals surface area contributed by atoms with Crippen molar-refractivity contribution in [1.82, 2.24) is 4.98 Å². The number of nitrogen functional groups attached to an aromatic ring is 1. The van der Waals surface area contributed by atoms with Gasteiger partial charge in [0.15, 0.2) is 6.61 Å². The molecular formula is C15H21Cl2FN2O2S. The van der Waals surface area contributed by atoms with Gasteiger partial charge in [-0.05, 0) is 6.42 Å². The molecule has 0 aliphatic rings. The van der Waals surface area contributed by atoms with Crippen LogP contribution in [0.15, 0.2) is 0 Å². The number of rotatable bonds is 9. The summed E-state index contributed by atoms with van der Waals surface area (Å²) in [6.45, 7) is 3.90. The van der Waals surface area contributed by atoms with Crippen molar-refractivity contribution in [3.8, 4) is 5.88 Å². The number of pyridine rings is 1. The molecule has 1 aromatic heterocycles. The van der Waals surface area contributed by atoms with E-state index in [1.807, 2.05) is 6.92 Å². The van der Waals surface area contributed by atoms with Gasteiger partial charge in [0.1, 0.15) is 10.0 Å². The molecule has 1 aromatic rings. The molecule has 8 heteroatoms. The van der Waals surface area contributed by atoms with Crippen LogP contribution in [0.1, 0.15) is 46.0 Å². The van der Waals surface area contributed by atoms with E-state index in [4.69, 9.17) is 33.7 Å². The van der Waals surface area contributed by atoms with Crippen molar-refractivity contribution in [2.24, 2.45) is 0 Å². The molecule has 1 atom stereocenters. The van der Waals surface area contributed by atoms with Gasteiger partial charge in [-0.1, -0.05) is 74.5 Å². The Morgan fingerprint density at radius 2 is 2.04 bits per heavy atom. The van der Waals surface area contributed by atoms with Gasteiger partial charge in [-0.25, -0.2) is 0 Å². The van der Waals surface area contributed by atoms with E-state index in [2.05, 4.69) is 11.9 Å². The number of nitrogens with zero attached hydrogens (tertiary/aromatic N) is 1. The molecule has 0 aliphatic carbocycles. The number of unbranched alkanes of at least 4 members (excludes halogenated alkanes) is 3. The normalized spacial score (nSPS) is 12.2. The van der Waals surface area contributed by atoms with Crippen LogP contribution in [0, 0.1) is 5.95 Å². The van der Waals surface area contributed by atoms with Crippen LogP contribution in [0.2, 0.25) is 10.0 Å². The lowest BCUT2D eigenvalue weighted by molar-refractivity contribution is -0.112. The SMILES string of the molecule is CCCCCCC(C)SC(=O)COc1nc(F)c(Cl)c(N)c1Cl. The maximum atomic E-state index is 13.4. The van der Waals surface area contributed by atoms with Crippen LogP contribution in [-0.4, -0.2) is 22.0 Å². The highest BCUT2D eigenvalue weighted by atomic mass is 35.5. The van der Waals surface area contributed by atoms with Crippen molar-refractivity contribution in [2.75, 3.05) is 12.3 Å². The summed E-state index contributed by atoms with van der Waals surface area (Å²) in [5.41, 5.74) is 5.38. The first kappa shape index (κ1) is 20.3. The summed E-state index contributed by atoms with van der Waals surface area (Å²) in [5.74, 6) is -1.21. The molecule has 23 heavy (non-hydrogen) atoms. The third-order valence-electron chi connectivity index (χ3n) is 3.17. The Morgan fingerprint density at radius 3 is 2.70 bits per heavy atom. The molecule has 0 saturated heterocycles. The summed E-state index contributed by atoms with van der Waals surface area (Å²) in [5, 5.41) is -0.413. The van der Waals surface area contributed by atoms with E-state index >= 15 is 0 Å². The fraction of sp³-hybridized carbons (Fsp3) is 0.600. The van der Waals surface area contributed by atoms with Gasteiger partial charge < -0.3 is 10.5 Å². The van der Waals surface area contributed by atoms with Crippen LogP contribution < -0.4 is 10.5 Å². The molecule has 0 saturated carbocycles. The molecule has 4 nitrogen and oxygen atoms in total. The number of halogens is 3. The van der Waals surface area contributed by atoms with Gasteiger partial charge in [0.05, 0.1) is 5.69 Å². The van der Waals surface area contributed by atoms with Gasteiger partial charge in [0.25, 0.3) is 0 Å². The van der Waals surface area contributed by atoms with E-state index in [1.54, 1.807) is 0 Å². The third kappa shape index (κ3) is 6.73. The van der Waals surface area contributed by atoms with Gasteiger partial charge >= 0.3 is 0 Å². The monoisotopic (exact) mass is 382 g/mol. The molecule has 0 spiro atoms. The van der Waals surface area contributed by atoms with E-state index in [1.165, 1.54) is 31.0 Å². The zero-order valence-corrected chi connectivity index (χ0v) is 15.5. The van der Waals surface area contributed by atoms with Gasteiger partial charge in [0, 0.05) is 5.25 Å². The molecule has 2 N–H and O–H groups in total. The smallest absolute Gasteiger partial charge is 0.238 e. The summed E-state index contributed by atoms with van der Waals surface area (Å²) in [6, 6.07) is 0. The summed E-state index contributed by atoms with van der Waals surface area (Å²) in [6.07, 6.45) is 5.64. The fourth-order valence-corrected chi connectivity index (χ4v) is 3.15. The molecule has 0 fully saturated rings. The first-order chi connectivity index (χ1) is 10.9. The number of ether oxygens (including phenoxy) is 1. The lowest BCUT2D eigenvalue weighted by Crippen LogP contribution is -2.13. The molecule has 130 valence electrons. The van der Waals surface area contributed by atoms with Crippen LogP contribution >= 0.6 is 35.0 Å². The largest absolute Gasteiger partial charge is 0.467 e. The Labute approximate surface area is 150 Å². The minimum Gasteiger partial charge on any atom is -0.467 e. The second-order valence-corrected chi connectivity index (χ2v) is 7.44. The van der Waals surface area contributed by atoms with E-state index in [9.17, 15) is 9.18 Å². The average Bonchev–Trinajstić information content (AvgIpc) is 2.51. The lowest BCUT2D eigenvalue weighted by Gasteiger charge is -2.12. The Hall–Kier alpha value is -0.720. The van der Waals surface area contributed by atoms with Crippen molar-refractivity contribution in [3.63, 3.8) is 0 Å². The maximum absolute atomic E-state index is 13.4. The Balaban J connectivity index is 2.45. The van der Waals surface area contributed by atoms with Crippen molar-refractivity contribution in [1.29, 1.82) is 0 Å². The zero-order chi connectivity index (χ0) is 17.4. The predicted octanol–water partition coefficient (Wildman–Crippen LogP) is 5.11. The number of aromatic nitrogens is 1. The minimum absolute atomic E-state index is 0.0955. The highest BCUT2D eigenvalue weighted by Crippen LogP contribution is 2.35. The quantitative estimate of drug-likeness (QED) is 0.474. The standard InChI is InChI=1S/C15H21Cl2FN2O2S/c1-3-4-5-6-7-9(2)23-10(21)8-22-15-12(17)13(19)11(16)14(18)20-15/h9H,3-8H2,1-2H3,(H2,19,20). The highest BCUT2D eigenvalue weighted by molar-refractivity contribution is 8.14. The highest BCUT2D eigenvalue weighted by Gasteiger charge is 2.18. The third-order valence-corrected chi connectivity index (χ3v) is 4.91.